The van der Waals surface area contributed by atoms with Gasteiger partial charge in [0.2, 0.25) is 0 Å². The van der Waals surface area contributed by atoms with Crippen LogP contribution in [0.15, 0.2) is 132 Å². The van der Waals surface area contributed by atoms with Crippen molar-refractivity contribution >= 4 is 44.1 Å². The number of nitrogens with two attached hydrogens (primary N) is 2. The summed E-state index contributed by atoms with van der Waals surface area (Å²) in [5, 5.41) is 4.15. The van der Waals surface area contributed by atoms with Crippen molar-refractivity contribution in [2.24, 2.45) is 0 Å². The molecule has 3 heteroatoms. The zero-order valence-corrected chi connectivity index (χ0v) is 27.2. The van der Waals surface area contributed by atoms with Gasteiger partial charge in [0.05, 0.1) is 10.8 Å². The van der Waals surface area contributed by atoms with Gasteiger partial charge in [-0.1, -0.05) is 130 Å². The molecule has 8 aromatic rings. The van der Waals surface area contributed by atoms with Gasteiger partial charge < -0.3 is 15.9 Å². The Kier molecular flexibility index (Phi) is 5.22. The van der Waals surface area contributed by atoms with Crippen molar-refractivity contribution < 1.29 is 4.42 Å². The molecule has 0 fully saturated rings. The van der Waals surface area contributed by atoms with Crippen LogP contribution >= 0.6 is 0 Å². The maximum Gasteiger partial charge on any atom is 0.145 e. The van der Waals surface area contributed by atoms with Gasteiger partial charge in [0, 0.05) is 27.7 Å². The van der Waals surface area contributed by atoms with Crippen LogP contribution < -0.4 is 11.5 Å². The minimum atomic E-state index is -0.671. The standard InChI is InChI=1S/C45H34N2O/c1-44(2,3)26-21-19-25(20-22-26)27-15-10-16-31-28-11-6-8-17-33(28)45(42(27)31)34-23-36(46)29-12-4-5-13-30(29)39(34)41-35(45)24-37(47)40-32-14-7-9-18-38(32)48-43(40)41/h4-24H,46-47H2,1-3H3. The van der Waals surface area contributed by atoms with E-state index in [4.69, 9.17) is 15.9 Å². The fraction of sp³-hybridized carbons (Fsp3) is 0.111. The summed E-state index contributed by atoms with van der Waals surface area (Å²) in [5.41, 5.74) is 29.9. The van der Waals surface area contributed by atoms with Crippen LogP contribution in [-0.2, 0) is 10.8 Å². The van der Waals surface area contributed by atoms with Crippen LogP contribution in [0.1, 0.15) is 48.6 Å². The second-order valence-corrected chi connectivity index (χ2v) is 14.5. The topological polar surface area (TPSA) is 65.2 Å². The van der Waals surface area contributed by atoms with Gasteiger partial charge in [0.15, 0.2) is 0 Å². The molecular weight excluding hydrogens is 585 g/mol. The molecule has 0 radical (unpaired) electrons. The van der Waals surface area contributed by atoms with Gasteiger partial charge in [-0.05, 0) is 84.6 Å². The maximum absolute atomic E-state index is 7.13. The minimum Gasteiger partial charge on any atom is -0.455 e. The lowest BCUT2D eigenvalue weighted by Gasteiger charge is -2.33. The third kappa shape index (κ3) is 3.28. The Morgan fingerprint density at radius 1 is 0.542 bits per heavy atom. The van der Waals surface area contributed by atoms with E-state index in [0.29, 0.717) is 0 Å². The largest absolute Gasteiger partial charge is 0.455 e. The lowest BCUT2D eigenvalue weighted by Crippen LogP contribution is -2.27. The zero-order chi connectivity index (χ0) is 32.5. The molecule has 0 bridgehead atoms. The highest BCUT2D eigenvalue weighted by molar-refractivity contribution is 6.21. The van der Waals surface area contributed by atoms with Gasteiger partial charge in [-0.3, -0.25) is 0 Å². The molecule has 1 atom stereocenters. The van der Waals surface area contributed by atoms with Crippen LogP contribution in [0.2, 0.25) is 0 Å². The van der Waals surface area contributed by atoms with Crippen molar-refractivity contribution in [3.63, 3.8) is 0 Å². The third-order valence-corrected chi connectivity index (χ3v) is 10.9. The average Bonchev–Trinajstić information content (AvgIpc) is 3.73. The van der Waals surface area contributed by atoms with E-state index in [1.54, 1.807) is 0 Å². The first-order chi connectivity index (χ1) is 23.3. The van der Waals surface area contributed by atoms with Gasteiger partial charge in [0.1, 0.15) is 11.2 Å². The van der Waals surface area contributed by atoms with Crippen molar-refractivity contribution in [3.8, 4) is 33.4 Å². The normalized spacial score (nSPS) is 16.1. The molecule has 0 amide bonds. The lowest BCUT2D eigenvalue weighted by molar-refractivity contribution is 0.590. The van der Waals surface area contributed by atoms with E-state index in [-0.39, 0.29) is 5.41 Å². The molecule has 10 rings (SSSR count). The number of nitrogen functional groups attached to an aromatic ring is 2. The molecule has 7 aromatic carbocycles. The van der Waals surface area contributed by atoms with E-state index in [0.717, 1.165) is 55.2 Å². The van der Waals surface area contributed by atoms with Crippen LogP contribution in [0.3, 0.4) is 0 Å². The summed E-state index contributed by atoms with van der Waals surface area (Å²) in [5.74, 6) is 0. The molecule has 48 heavy (non-hydrogen) atoms. The molecule has 0 aliphatic heterocycles. The van der Waals surface area contributed by atoms with Crippen molar-refractivity contribution in [3.05, 3.63) is 155 Å². The van der Waals surface area contributed by atoms with Crippen LogP contribution in [0.4, 0.5) is 11.4 Å². The molecule has 0 saturated heterocycles. The van der Waals surface area contributed by atoms with Gasteiger partial charge in [-0.2, -0.15) is 0 Å². The molecule has 1 aromatic heterocycles. The number of fused-ring (bicyclic) bond motifs is 16. The summed E-state index contributed by atoms with van der Waals surface area (Å²) < 4.78 is 6.84. The third-order valence-electron chi connectivity index (χ3n) is 10.9. The molecule has 230 valence electrons. The van der Waals surface area contributed by atoms with E-state index in [1.807, 2.05) is 12.1 Å². The second kappa shape index (κ2) is 9.17. The fourth-order valence-corrected chi connectivity index (χ4v) is 8.90. The minimum absolute atomic E-state index is 0.0615. The summed E-state index contributed by atoms with van der Waals surface area (Å²) >= 11 is 0. The quantitative estimate of drug-likeness (QED) is 0.180. The summed E-state index contributed by atoms with van der Waals surface area (Å²) in [6.45, 7) is 6.79. The average molecular weight is 619 g/mol. The van der Waals surface area contributed by atoms with E-state index in [1.165, 1.54) is 50.1 Å². The first-order valence-electron chi connectivity index (χ1n) is 16.7. The van der Waals surface area contributed by atoms with Gasteiger partial charge in [-0.15, -0.1) is 0 Å². The van der Waals surface area contributed by atoms with E-state index >= 15 is 0 Å². The maximum atomic E-state index is 7.13. The summed E-state index contributed by atoms with van der Waals surface area (Å²) in [7, 11) is 0. The van der Waals surface area contributed by atoms with Crippen LogP contribution in [0.5, 0.6) is 0 Å². The molecular formula is C45H34N2O. The Morgan fingerprint density at radius 3 is 1.96 bits per heavy atom. The first-order valence-corrected chi connectivity index (χ1v) is 16.7. The number of hydrogen-bond acceptors (Lipinski definition) is 3. The highest BCUT2D eigenvalue weighted by atomic mass is 16.3. The second-order valence-electron chi connectivity index (χ2n) is 14.5. The zero-order valence-electron chi connectivity index (χ0n) is 27.2. The lowest BCUT2D eigenvalue weighted by atomic mass is 9.68. The molecule has 1 spiro atoms. The fourth-order valence-electron chi connectivity index (χ4n) is 8.90. The monoisotopic (exact) mass is 618 g/mol. The SMILES string of the molecule is CC(C)(C)c1ccc(-c2cccc3c2C2(c4ccccc4-3)c3cc(N)c4ccccc4c3-c3c2cc(N)c2c3oc3ccccc32)cc1. The Hall–Kier alpha value is -5.80. The predicted molar refractivity (Wildman–Crippen MR) is 200 cm³/mol. The van der Waals surface area contributed by atoms with Crippen molar-refractivity contribution in [2.75, 3.05) is 11.5 Å². The van der Waals surface area contributed by atoms with Gasteiger partial charge in [0.25, 0.3) is 0 Å². The molecule has 1 unspecified atom stereocenters. The first kappa shape index (κ1) is 27.3. The number of anilines is 2. The molecule has 2 aliphatic rings. The van der Waals surface area contributed by atoms with Crippen molar-refractivity contribution in [1.82, 2.24) is 0 Å². The molecule has 3 nitrogen and oxygen atoms in total. The van der Waals surface area contributed by atoms with Gasteiger partial charge >= 0.3 is 0 Å². The van der Waals surface area contributed by atoms with E-state index < -0.39 is 5.41 Å². The number of para-hydroxylation sites is 1. The Bertz CT molecular complexity index is 2670. The highest BCUT2D eigenvalue weighted by Crippen LogP contribution is 2.67. The van der Waals surface area contributed by atoms with Crippen LogP contribution in [-0.4, -0.2) is 0 Å². The number of rotatable bonds is 1. The number of benzene rings is 7. The van der Waals surface area contributed by atoms with Crippen molar-refractivity contribution in [2.45, 2.75) is 31.6 Å². The summed E-state index contributed by atoms with van der Waals surface area (Å²) in [6, 6.07) is 45.9. The van der Waals surface area contributed by atoms with Crippen molar-refractivity contribution in [1.29, 1.82) is 0 Å². The van der Waals surface area contributed by atoms with E-state index in [9.17, 15) is 0 Å². The Labute approximate surface area is 279 Å². The highest BCUT2D eigenvalue weighted by Gasteiger charge is 2.54. The molecule has 0 saturated carbocycles. The predicted octanol–water partition coefficient (Wildman–Crippen LogP) is 11.2. The Balaban J connectivity index is 1.43. The molecule has 2 aliphatic carbocycles. The number of hydrogen-bond donors (Lipinski definition) is 2. The van der Waals surface area contributed by atoms with Crippen LogP contribution in [0, 0.1) is 0 Å². The molecule has 4 N–H and O–H groups in total. The van der Waals surface area contributed by atoms with Gasteiger partial charge in [-0.25, -0.2) is 0 Å². The van der Waals surface area contributed by atoms with E-state index in [2.05, 4.69) is 136 Å². The Morgan fingerprint density at radius 2 is 1.17 bits per heavy atom. The smallest absolute Gasteiger partial charge is 0.145 e. The summed E-state index contributed by atoms with van der Waals surface area (Å²) in [6.07, 6.45) is 0. The number of furan rings is 1. The molecule has 1 heterocycles. The van der Waals surface area contributed by atoms with Crippen LogP contribution in [0.25, 0.3) is 66.1 Å². The summed E-state index contributed by atoms with van der Waals surface area (Å²) in [4.78, 5) is 0.